The highest BCUT2D eigenvalue weighted by molar-refractivity contribution is 5.80. The summed E-state index contributed by atoms with van der Waals surface area (Å²) in [5.41, 5.74) is 1.55. The SMILES string of the molecule is Cc1cccc2ncn(C[C@H](CO)Cc3ccco3)c(=O)c12. The number of benzene rings is 1. The topological polar surface area (TPSA) is 68.3 Å². The van der Waals surface area contributed by atoms with Crippen LogP contribution in [-0.4, -0.2) is 21.3 Å². The highest BCUT2D eigenvalue weighted by atomic mass is 16.3. The van der Waals surface area contributed by atoms with Gasteiger partial charge in [-0.15, -0.1) is 0 Å². The molecule has 0 unspecified atom stereocenters. The highest BCUT2D eigenvalue weighted by Gasteiger charge is 2.14. The van der Waals surface area contributed by atoms with E-state index in [4.69, 9.17) is 4.42 Å². The molecule has 1 atom stereocenters. The quantitative estimate of drug-likeness (QED) is 0.783. The average molecular weight is 298 g/mol. The number of nitrogens with zero attached hydrogens (tertiary/aromatic N) is 2. The molecule has 0 bridgehead atoms. The van der Waals surface area contributed by atoms with Crippen LogP contribution in [0.1, 0.15) is 11.3 Å². The van der Waals surface area contributed by atoms with Crippen LogP contribution in [-0.2, 0) is 13.0 Å². The molecule has 2 heterocycles. The van der Waals surface area contributed by atoms with Gasteiger partial charge in [0, 0.05) is 25.5 Å². The summed E-state index contributed by atoms with van der Waals surface area (Å²) in [5, 5.41) is 10.2. The number of hydrogen-bond acceptors (Lipinski definition) is 4. The maximum atomic E-state index is 12.6. The van der Waals surface area contributed by atoms with E-state index in [0.29, 0.717) is 23.9 Å². The van der Waals surface area contributed by atoms with E-state index in [1.165, 1.54) is 0 Å². The molecular formula is C17H18N2O3. The summed E-state index contributed by atoms with van der Waals surface area (Å²) >= 11 is 0. The van der Waals surface area contributed by atoms with Crippen LogP contribution < -0.4 is 5.56 Å². The minimum Gasteiger partial charge on any atom is -0.469 e. The Morgan fingerprint density at radius 2 is 2.18 bits per heavy atom. The van der Waals surface area contributed by atoms with Gasteiger partial charge in [0.15, 0.2) is 0 Å². The van der Waals surface area contributed by atoms with Crippen molar-refractivity contribution in [2.45, 2.75) is 19.9 Å². The Morgan fingerprint density at radius 1 is 1.32 bits per heavy atom. The van der Waals surface area contributed by atoms with Crippen molar-refractivity contribution in [3.05, 3.63) is 64.6 Å². The number of aliphatic hydroxyl groups excluding tert-OH is 1. The number of aliphatic hydroxyl groups is 1. The van der Waals surface area contributed by atoms with Crippen LogP contribution in [0.15, 0.2) is 52.1 Å². The minimum atomic E-state index is -0.0906. The van der Waals surface area contributed by atoms with E-state index in [2.05, 4.69) is 4.98 Å². The van der Waals surface area contributed by atoms with Gasteiger partial charge in [-0.3, -0.25) is 9.36 Å². The predicted octanol–water partition coefficient (Wildman–Crippen LogP) is 2.15. The maximum Gasteiger partial charge on any atom is 0.261 e. The first-order chi connectivity index (χ1) is 10.7. The fraction of sp³-hybridized carbons (Fsp3) is 0.294. The lowest BCUT2D eigenvalue weighted by Crippen LogP contribution is -2.27. The van der Waals surface area contributed by atoms with Crippen LogP contribution in [0, 0.1) is 12.8 Å². The minimum absolute atomic E-state index is 0.0149. The van der Waals surface area contributed by atoms with Crippen LogP contribution in [0.2, 0.25) is 0 Å². The molecule has 3 aromatic rings. The number of aryl methyl sites for hydroxylation is 1. The third kappa shape index (κ3) is 2.80. The van der Waals surface area contributed by atoms with Gasteiger partial charge in [0.1, 0.15) is 5.76 Å². The van der Waals surface area contributed by atoms with Crippen LogP contribution in [0.3, 0.4) is 0 Å². The second-order valence-corrected chi connectivity index (χ2v) is 5.50. The number of aromatic nitrogens is 2. The highest BCUT2D eigenvalue weighted by Crippen LogP contribution is 2.14. The van der Waals surface area contributed by atoms with E-state index in [9.17, 15) is 9.90 Å². The molecule has 2 aromatic heterocycles. The van der Waals surface area contributed by atoms with Gasteiger partial charge in [-0.2, -0.15) is 0 Å². The molecular weight excluding hydrogens is 280 g/mol. The number of fused-ring (bicyclic) bond motifs is 1. The third-order valence-electron chi connectivity index (χ3n) is 3.84. The van der Waals surface area contributed by atoms with E-state index in [1.807, 2.05) is 37.3 Å². The maximum absolute atomic E-state index is 12.6. The van der Waals surface area contributed by atoms with E-state index < -0.39 is 0 Å². The Morgan fingerprint density at radius 3 is 2.91 bits per heavy atom. The van der Waals surface area contributed by atoms with Crippen molar-refractivity contribution in [3.8, 4) is 0 Å². The molecule has 0 aliphatic heterocycles. The van der Waals surface area contributed by atoms with Crippen molar-refractivity contribution in [3.63, 3.8) is 0 Å². The molecule has 22 heavy (non-hydrogen) atoms. The second-order valence-electron chi connectivity index (χ2n) is 5.50. The van der Waals surface area contributed by atoms with E-state index in [-0.39, 0.29) is 18.1 Å². The monoisotopic (exact) mass is 298 g/mol. The second kappa shape index (κ2) is 6.15. The van der Waals surface area contributed by atoms with E-state index >= 15 is 0 Å². The van der Waals surface area contributed by atoms with Crippen LogP contribution in [0.4, 0.5) is 0 Å². The summed E-state index contributed by atoms with van der Waals surface area (Å²) in [6.45, 7) is 2.30. The number of furan rings is 1. The van der Waals surface area contributed by atoms with Crippen LogP contribution in [0.5, 0.6) is 0 Å². The van der Waals surface area contributed by atoms with Gasteiger partial charge in [-0.1, -0.05) is 12.1 Å². The molecule has 0 fully saturated rings. The Balaban J connectivity index is 1.91. The first kappa shape index (κ1) is 14.5. The fourth-order valence-corrected chi connectivity index (χ4v) is 2.67. The lowest BCUT2D eigenvalue weighted by molar-refractivity contribution is 0.203. The van der Waals surface area contributed by atoms with Crippen molar-refractivity contribution in [2.75, 3.05) is 6.61 Å². The largest absolute Gasteiger partial charge is 0.469 e. The molecule has 3 rings (SSSR count). The van der Waals surface area contributed by atoms with Crippen molar-refractivity contribution in [2.24, 2.45) is 5.92 Å². The zero-order valence-electron chi connectivity index (χ0n) is 12.4. The Bertz CT molecular complexity index is 822. The third-order valence-corrected chi connectivity index (χ3v) is 3.84. The Labute approximate surface area is 127 Å². The van der Waals surface area contributed by atoms with Crippen molar-refractivity contribution >= 4 is 10.9 Å². The summed E-state index contributed by atoms with van der Waals surface area (Å²) in [4.78, 5) is 17.0. The summed E-state index contributed by atoms with van der Waals surface area (Å²) in [7, 11) is 0. The lowest BCUT2D eigenvalue weighted by atomic mass is 10.0. The summed E-state index contributed by atoms with van der Waals surface area (Å²) < 4.78 is 6.88. The standard InChI is InChI=1S/C17H18N2O3/c1-12-4-2-6-15-16(12)17(21)19(11-18-15)9-13(10-20)8-14-5-3-7-22-14/h2-7,11,13,20H,8-10H2,1H3/t13-/m1/s1. The van der Waals surface area contributed by atoms with E-state index in [1.54, 1.807) is 17.2 Å². The van der Waals surface area contributed by atoms with Gasteiger partial charge in [0.25, 0.3) is 5.56 Å². The molecule has 0 saturated carbocycles. The van der Waals surface area contributed by atoms with Gasteiger partial charge in [-0.05, 0) is 30.7 Å². The van der Waals surface area contributed by atoms with Crippen molar-refractivity contribution in [1.29, 1.82) is 0 Å². The molecule has 0 spiro atoms. The van der Waals surface area contributed by atoms with Crippen molar-refractivity contribution in [1.82, 2.24) is 9.55 Å². The first-order valence-corrected chi connectivity index (χ1v) is 7.27. The normalized spacial score (nSPS) is 12.6. The van der Waals surface area contributed by atoms with Gasteiger partial charge in [0.05, 0.1) is 23.5 Å². The Hall–Kier alpha value is -2.40. The van der Waals surface area contributed by atoms with Gasteiger partial charge in [-0.25, -0.2) is 4.98 Å². The fourth-order valence-electron chi connectivity index (χ4n) is 2.67. The van der Waals surface area contributed by atoms with E-state index in [0.717, 1.165) is 11.3 Å². The van der Waals surface area contributed by atoms with Gasteiger partial charge in [0.2, 0.25) is 0 Å². The molecule has 0 saturated heterocycles. The zero-order chi connectivity index (χ0) is 15.5. The molecule has 0 aliphatic carbocycles. The molecule has 0 aliphatic rings. The predicted molar refractivity (Wildman–Crippen MR) is 83.7 cm³/mol. The van der Waals surface area contributed by atoms with Gasteiger partial charge < -0.3 is 9.52 Å². The summed E-state index contributed by atoms with van der Waals surface area (Å²) in [6.07, 6.45) is 3.74. The number of rotatable bonds is 5. The summed E-state index contributed by atoms with van der Waals surface area (Å²) in [5.74, 6) is 0.712. The molecule has 1 aromatic carbocycles. The summed E-state index contributed by atoms with van der Waals surface area (Å²) in [6, 6.07) is 9.32. The molecule has 0 amide bonds. The first-order valence-electron chi connectivity index (χ1n) is 7.27. The van der Waals surface area contributed by atoms with Crippen LogP contribution >= 0.6 is 0 Å². The smallest absolute Gasteiger partial charge is 0.261 e. The molecule has 5 nitrogen and oxygen atoms in total. The molecule has 1 N–H and O–H groups in total. The van der Waals surface area contributed by atoms with Crippen molar-refractivity contribution < 1.29 is 9.52 Å². The number of hydrogen-bond donors (Lipinski definition) is 1. The Kier molecular flexibility index (Phi) is 4.06. The van der Waals surface area contributed by atoms with Gasteiger partial charge >= 0.3 is 0 Å². The lowest BCUT2D eigenvalue weighted by Gasteiger charge is -2.15. The molecule has 0 radical (unpaired) electrons. The molecule has 5 heteroatoms. The molecule has 114 valence electrons. The van der Waals surface area contributed by atoms with Crippen LogP contribution in [0.25, 0.3) is 10.9 Å². The zero-order valence-corrected chi connectivity index (χ0v) is 12.4. The average Bonchev–Trinajstić information content (AvgIpc) is 3.02.